The van der Waals surface area contributed by atoms with Crippen molar-refractivity contribution >= 4 is 39.1 Å². The zero-order valence-electron chi connectivity index (χ0n) is 9.88. The van der Waals surface area contributed by atoms with E-state index >= 15 is 0 Å². The van der Waals surface area contributed by atoms with Crippen LogP contribution in [-0.2, 0) is 12.8 Å². The van der Waals surface area contributed by atoms with Crippen LogP contribution < -0.4 is 5.73 Å². The lowest BCUT2D eigenvalue weighted by atomic mass is 9.77. The van der Waals surface area contributed by atoms with E-state index in [0.717, 1.165) is 23.1 Å². The van der Waals surface area contributed by atoms with Crippen LogP contribution in [-0.4, -0.2) is 9.97 Å². The van der Waals surface area contributed by atoms with E-state index in [2.05, 4.69) is 23.8 Å². The van der Waals surface area contributed by atoms with Crippen LogP contribution in [0, 0.1) is 5.41 Å². The number of nitrogens with two attached hydrogens (primary N) is 1. The van der Waals surface area contributed by atoms with E-state index in [1.165, 1.54) is 16.9 Å². The Hall–Kier alpha value is -0.870. The standard InChI is InChI=1S/C12H14ClN3S/c1-12(2)4-3-7-6(5-12)8-9(17-7)10(13)16-11(14)15-8/h3-5H2,1-2H3,(H2,14,15,16). The van der Waals surface area contributed by atoms with E-state index in [1.807, 2.05) is 0 Å². The van der Waals surface area contributed by atoms with Gasteiger partial charge in [0.15, 0.2) is 5.15 Å². The van der Waals surface area contributed by atoms with Crippen LogP contribution in [0.3, 0.4) is 0 Å². The maximum Gasteiger partial charge on any atom is 0.222 e. The van der Waals surface area contributed by atoms with E-state index in [4.69, 9.17) is 17.3 Å². The summed E-state index contributed by atoms with van der Waals surface area (Å²) in [5.74, 6) is 0.270. The Morgan fingerprint density at radius 1 is 1.35 bits per heavy atom. The van der Waals surface area contributed by atoms with Crippen molar-refractivity contribution in [1.82, 2.24) is 9.97 Å². The van der Waals surface area contributed by atoms with Gasteiger partial charge in [0.25, 0.3) is 0 Å². The van der Waals surface area contributed by atoms with Crippen LogP contribution >= 0.6 is 22.9 Å². The molecule has 3 rings (SSSR count). The summed E-state index contributed by atoms with van der Waals surface area (Å²) in [6, 6.07) is 0. The molecule has 0 unspecified atom stereocenters. The number of rotatable bonds is 0. The maximum absolute atomic E-state index is 6.13. The van der Waals surface area contributed by atoms with Crippen molar-refractivity contribution in [3.8, 4) is 0 Å². The summed E-state index contributed by atoms with van der Waals surface area (Å²) >= 11 is 7.86. The van der Waals surface area contributed by atoms with Crippen LogP contribution in [0.5, 0.6) is 0 Å². The first-order valence-electron chi connectivity index (χ1n) is 5.69. The average Bonchev–Trinajstić information content (AvgIpc) is 2.55. The van der Waals surface area contributed by atoms with Crippen molar-refractivity contribution in [3.63, 3.8) is 0 Å². The second kappa shape index (κ2) is 3.56. The fourth-order valence-corrected chi connectivity index (χ4v) is 3.88. The van der Waals surface area contributed by atoms with E-state index in [1.54, 1.807) is 11.3 Å². The fraction of sp³-hybridized carbons (Fsp3) is 0.500. The Kier molecular flexibility index (Phi) is 2.35. The summed E-state index contributed by atoms with van der Waals surface area (Å²) in [6.45, 7) is 4.59. The summed E-state index contributed by atoms with van der Waals surface area (Å²) in [5.41, 5.74) is 8.32. The van der Waals surface area contributed by atoms with Crippen molar-refractivity contribution in [2.45, 2.75) is 33.1 Å². The molecule has 90 valence electrons. The molecule has 0 atom stereocenters. The molecule has 0 aliphatic heterocycles. The topological polar surface area (TPSA) is 51.8 Å². The van der Waals surface area contributed by atoms with Crippen molar-refractivity contribution in [2.24, 2.45) is 5.41 Å². The van der Waals surface area contributed by atoms with Gasteiger partial charge in [-0.2, -0.15) is 4.98 Å². The molecule has 2 aromatic heterocycles. The monoisotopic (exact) mass is 267 g/mol. The Balaban J connectivity index is 2.28. The number of anilines is 1. The minimum atomic E-state index is 0.270. The van der Waals surface area contributed by atoms with Crippen molar-refractivity contribution in [1.29, 1.82) is 0 Å². The summed E-state index contributed by atoms with van der Waals surface area (Å²) in [7, 11) is 0. The highest BCUT2D eigenvalue weighted by Gasteiger charge is 2.29. The lowest BCUT2D eigenvalue weighted by Gasteiger charge is -2.29. The Morgan fingerprint density at radius 3 is 2.88 bits per heavy atom. The Labute approximate surface area is 109 Å². The van der Waals surface area contributed by atoms with Gasteiger partial charge in [-0.25, -0.2) is 4.98 Å². The van der Waals surface area contributed by atoms with Gasteiger partial charge in [0.05, 0.1) is 10.2 Å². The molecule has 0 fully saturated rings. The van der Waals surface area contributed by atoms with E-state index in [0.29, 0.717) is 10.6 Å². The second-order valence-corrected chi connectivity index (χ2v) is 6.86. The number of halogens is 1. The lowest BCUT2D eigenvalue weighted by molar-refractivity contribution is 0.319. The molecule has 2 N–H and O–H groups in total. The number of fused-ring (bicyclic) bond motifs is 3. The predicted octanol–water partition coefficient (Wildman–Crippen LogP) is 3.44. The van der Waals surface area contributed by atoms with Crippen LogP contribution in [0.2, 0.25) is 5.15 Å². The molecule has 1 aliphatic rings. The summed E-state index contributed by atoms with van der Waals surface area (Å²) in [6.07, 6.45) is 3.38. The van der Waals surface area contributed by atoms with Gasteiger partial charge in [0.1, 0.15) is 0 Å². The second-order valence-electron chi connectivity index (χ2n) is 5.40. The highest BCUT2D eigenvalue weighted by Crippen LogP contribution is 2.43. The molecule has 17 heavy (non-hydrogen) atoms. The minimum Gasteiger partial charge on any atom is -0.368 e. The third-order valence-corrected chi connectivity index (χ3v) is 5.05. The summed E-state index contributed by atoms with van der Waals surface area (Å²) in [4.78, 5) is 9.80. The third-order valence-electron chi connectivity index (χ3n) is 3.37. The van der Waals surface area contributed by atoms with Crippen LogP contribution in [0.25, 0.3) is 10.2 Å². The highest BCUT2D eigenvalue weighted by atomic mass is 35.5. The zero-order valence-corrected chi connectivity index (χ0v) is 11.5. The van der Waals surface area contributed by atoms with Gasteiger partial charge < -0.3 is 5.73 Å². The first-order valence-corrected chi connectivity index (χ1v) is 6.89. The maximum atomic E-state index is 6.13. The van der Waals surface area contributed by atoms with Crippen LogP contribution in [0.4, 0.5) is 5.95 Å². The van der Waals surface area contributed by atoms with Crippen molar-refractivity contribution in [3.05, 3.63) is 15.6 Å². The van der Waals surface area contributed by atoms with Crippen molar-refractivity contribution in [2.75, 3.05) is 5.73 Å². The van der Waals surface area contributed by atoms with Crippen molar-refractivity contribution < 1.29 is 0 Å². The average molecular weight is 268 g/mol. The van der Waals surface area contributed by atoms with E-state index in [-0.39, 0.29) is 5.95 Å². The SMILES string of the molecule is CC1(C)CCc2sc3c(Cl)nc(N)nc3c2C1. The van der Waals surface area contributed by atoms with Gasteiger partial charge >= 0.3 is 0 Å². The zero-order chi connectivity index (χ0) is 12.2. The smallest absolute Gasteiger partial charge is 0.222 e. The molecule has 1 aliphatic carbocycles. The molecule has 0 saturated heterocycles. The number of nitrogens with zero attached hydrogens (tertiary/aromatic N) is 2. The quantitative estimate of drug-likeness (QED) is 0.744. The number of hydrogen-bond acceptors (Lipinski definition) is 4. The summed E-state index contributed by atoms with van der Waals surface area (Å²) < 4.78 is 0.989. The highest BCUT2D eigenvalue weighted by molar-refractivity contribution is 7.19. The third kappa shape index (κ3) is 1.79. The Bertz CT molecular complexity index is 603. The minimum absolute atomic E-state index is 0.270. The summed E-state index contributed by atoms with van der Waals surface area (Å²) in [5, 5.41) is 0.490. The molecule has 0 saturated carbocycles. The largest absolute Gasteiger partial charge is 0.368 e. The Morgan fingerprint density at radius 2 is 2.12 bits per heavy atom. The molecule has 3 nitrogen and oxygen atoms in total. The number of aryl methyl sites for hydroxylation is 1. The van der Waals surface area contributed by atoms with Gasteiger partial charge in [-0.05, 0) is 30.2 Å². The number of nitrogen functional groups attached to an aromatic ring is 1. The fourth-order valence-electron chi connectivity index (χ4n) is 2.45. The molecule has 0 aromatic carbocycles. The predicted molar refractivity (Wildman–Crippen MR) is 72.6 cm³/mol. The van der Waals surface area contributed by atoms with Crippen LogP contribution in [0.15, 0.2) is 0 Å². The first kappa shape index (κ1) is 11.2. The van der Waals surface area contributed by atoms with Gasteiger partial charge in [0, 0.05) is 4.88 Å². The molecule has 0 radical (unpaired) electrons. The number of aromatic nitrogens is 2. The number of thiophene rings is 1. The molecular formula is C12H14ClN3S. The van der Waals surface area contributed by atoms with Gasteiger partial charge in [-0.1, -0.05) is 25.4 Å². The van der Waals surface area contributed by atoms with E-state index < -0.39 is 0 Å². The van der Waals surface area contributed by atoms with Gasteiger partial charge in [-0.3, -0.25) is 0 Å². The molecule has 2 aromatic rings. The van der Waals surface area contributed by atoms with Crippen LogP contribution in [0.1, 0.15) is 30.7 Å². The molecule has 2 heterocycles. The molecule has 0 bridgehead atoms. The molecular weight excluding hydrogens is 254 g/mol. The first-order chi connectivity index (χ1) is 7.96. The molecule has 5 heteroatoms. The normalized spacial score (nSPS) is 18.3. The molecule has 0 spiro atoms. The van der Waals surface area contributed by atoms with E-state index in [9.17, 15) is 0 Å². The molecule has 0 amide bonds. The van der Waals surface area contributed by atoms with Gasteiger partial charge in [0.2, 0.25) is 5.95 Å². The lowest BCUT2D eigenvalue weighted by Crippen LogP contribution is -2.21. The van der Waals surface area contributed by atoms with Gasteiger partial charge in [-0.15, -0.1) is 11.3 Å². The number of hydrogen-bond donors (Lipinski definition) is 1.